The fourth-order valence-electron chi connectivity index (χ4n) is 2.00. The number of fused-ring (bicyclic) bond motifs is 1. The molecule has 0 aliphatic heterocycles. The fourth-order valence-corrected chi connectivity index (χ4v) is 2.97. The van der Waals surface area contributed by atoms with Crippen molar-refractivity contribution in [3.8, 4) is 0 Å². The Bertz CT molecular complexity index is 559. The van der Waals surface area contributed by atoms with Crippen molar-refractivity contribution < 1.29 is 5.11 Å². The second-order valence-electron chi connectivity index (χ2n) is 5.82. The number of nitrogens with one attached hydrogen (secondary N) is 1. The molecule has 0 spiro atoms. The van der Waals surface area contributed by atoms with Gasteiger partial charge in [-0.05, 0) is 30.0 Å². The summed E-state index contributed by atoms with van der Waals surface area (Å²) in [7, 11) is 0. The van der Waals surface area contributed by atoms with Gasteiger partial charge < -0.3 is 16.2 Å². The molecule has 2 aromatic rings. The molecule has 1 heterocycles. The van der Waals surface area contributed by atoms with E-state index in [1.807, 2.05) is 18.2 Å². The lowest BCUT2D eigenvalue weighted by Crippen LogP contribution is -2.34. The summed E-state index contributed by atoms with van der Waals surface area (Å²) in [6.07, 6.45) is 0.710. The average Bonchev–Trinajstić information content (AvgIpc) is 2.68. The smallest absolute Gasteiger partial charge is 0.184 e. The molecule has 104 valence electrons. The Morgan fingerprint density at radius 3 is 2.79 bits per heavy atom. The molecule has 4 N–H and O–H groups in total. The van der Waals surface area contributed by atoms with Crippen LogP contribution in [0.3, 0.4) is 0 Å². The van der Waals surface area contributed by atoms with Gasteiger partial charge >= 0.3 is 0 Å². The highest BCUT2D eigenvalue weighted by molar-refractivity contribution is 7.22. The minimum absolute atomic E-state index is 0.0691. The number of nitrogens with two attached hydrogens (primary N) is 1. The summed E-state index contributed by atoms with van der Waals surface area (Å²) >= 11 is 1.60. The first-order valence-electron chi connectivity index (χ1n) is 6.43. The van der Waals surface area contributed by atoms with Gasteiger partial charge in [-0.25, -0.2) is 4.98 Å². The molecule has 2 rings (SSSR count). The number of hydrogen-bond acceptors (Lipinski definition) is 5. The molecule has 1 aromatic carbocycles. The van der Waals surface area contributed by atoms with Gasteiger partial charge in [0.1, 0.15) is 0 Å². The van der Waals surface area contributed by atoms with Crippen molar-refractivity contribution in [1.82, 2.24) is 4.98 Å². The van der Waals surface area contributed by atoms with Crippen molar-refractivity contribution in [2.75, 3.05) is 17.7 Å². The van der Waals surface area contributed by atoms with Crippen molar-refractivity contribution in [3.63, 3.8) is 0 Å². The molecule has 1 unspecified atom stereocenters. The Labute approximate surface area is 117 Å². The van der Waals surface area contributed by atoms with Gasteiger partial charge in [-0.2, -0.15) is 0 Å². The number of aromatic nitrogens is 1. The molecule has 0 radical (unpaired) electrons. The average molecular weight is 279 g/mol. The maximum atomic E-state index is 9.18. The summed E-state index contributed by atoms with van der Waals surface area (Å²) in [5.74, 6) is 0. The second-order valence-corrected chi connectivity index (χ2v) is 6.85. The molecule has 4 nitrogen and oxygen atoms in total. The number of nitrogens with zero attached hydrogens (tertiary/aromatic N) is 1. The van der Waals surface area contributed by atoms with Gasteiger partial charge in [-0.1, -0.05) is 32.1 Å². The molecule has 0 saturated heterocycles. The van der Waals surface area contributed by atoms with Crippen LogP contribution in [0.1, 0.15) is 27.2 Å². The van der Waals surface area contributed by atoms with Crippen LogP contribution in [0.25, 0.3) is 10.2 Å². The Balaban J connectivity index is 2.24. The van der Waals surface area contributed by atoms with Gasteiger partial charge in [0.2, 0.25) is 0 Å². The van der Waals surface area contributed by atoms with Crippen molar-refractivity contribution in [2.45, 2.75) is 33.2 Å². The molecular formula is C14H21N3OS. The number of hydrogen-bond donors (Lipinski definition) is 3. The van der Waals surface area contributed by atoms with E-state index in [2.05, 4.69) is 31.1 Å². The molecule has 5 heteroatoms. The first-order chi connectivity index (χ1) is 8.90. The number of aliphatic hydroxyl groups is 1. The number of thiazole rings is 1. The Hall–Kier alpha value is -1.33. The summed E-state index contributed by atoms with van der Waals surface area (Å²) < 4.78 is 1.08. The molecule has 0 amide bonds. The van der Waals surface area contributed by atoms with Gasteiger partial charge in [0, 0.05) is 18.3 Å². The van der Waals surface area contributed by atoms with E-state index in [1.54, 1.807) is 11.3 Å². The lowest BCUT2D eigenvalue weighted by Gasteiger charge is -2.30. The van der Waals surface area contributed by atoms with Gasteiger partial charge in [-0.3, -0.25) is 0 Å². The van der Waals surface area contributed by atoms with E-state index in [0.29, 0.717) is 6.42 Å². The quantitative estimate of drug-likeness (QED) is 0.752. The van der Waals surface area contributed by atoms with E-state index in [9.17, 15) is 5.11 Å². The zero-order valence-electron chi connectivity index (χ0n) is 11.6. The van der Waals surface area contributed by atoms with E-state index in [1.165, 1.54) is 0 Å². The standard InChI is InChI=1S/C14H21N3OS/c1-14(2,3)12(6-7-18)17-13-16-10-5-4-9(15)8-11(10)19-13/h4-5,8,12,18H,6-7,15H2,1-3H3,(H,16,17). The zero-order chi connectivity index (χ0) is 14.0. The van der Waals surface area contributed by atoms with Crippen LogP contribution in [0.15, 0.2) is 18.2 Å². The monoisotopic (exact) mass is 279 g/mol. The maximum Gasteiger partial charge on any atom is 0.184 e. The van der Waals surface area contributed by atoms with Gasteiger partial charge in [0.25, 0.3) is 0 Å². The van der Waals surface area contributed by atoms with Gasteiger partial charge in [0.05, 0.1) is 10.2 Å². The number of aliphatic hydroxyl groups excluding tert-OH is 1. The third kappa shape index (κ3) is 3.36. The van der Waals surface area contributed by atoms with Crippen LogP contribution in [-0.4, -0.2) is 22.7 Å². The molecule has 0 fully saturated rings. The topological polar surface area (TPSA) is 71.2 Å². The third-order valence-electron chi connectivity index (χ3n) is 3.17. The predicted molar refractivity (Wildman–Crippen MR) is 82.6 cm³/mol. The molecule has 19 heavy (non-hydrogen) atoms. The van der Waals surface area contributed by atoms with Crippen LogP contribution in [0, 0.1) is 5.41 Å². The summed E-state index contributed by atoms with van der Waals surface area (Å²) in [4.78, 5) is 4.56. The Morgan fingerprint density at radius 1 is 1.42 bits per heavy atom. The minimum atomic E-state index is 0.0691. The van der Waals surface area contributed by atoms with Crippen LogP contribution >= 0.6 is 11.3 Å². The van der Waals surface area contributed by atoms with Crippen LogP contribution in [0.2, 0.25) is 0 Å². The zero-order valence-corrected chi connectivity index (χ0v) is 12.4. The molecule has 0 bridgehead atoms. The summed E-state index contributed by atoms with van der Waals surface area (Å²) in [6, 6.07) is 5.93. The highest BCUT2D eigenvalue weighted by Crippen LogP contribution is 2.31. The number of benzene rings is 1. The normalized spacial score (nSPS) is 13.7. The lowest BCUT2D eigenvalue weighted by atomic mass is 9.85. The number of nitrogen functional groups attached to an aromatic ring is 1. The molecule has 0 aliphatic carbocycles. The van der Waals surface area contributed by atoms with Crippen molar-refractivity contribution >= 4 is 32.4 Å². The minimum Gasteiger partial charge on any atom is -0.399 e. The van der Waals surface area contributed by atoms with Crippen molar-refractivity contribution in [3.05, 3.63) is 18.2 Å². The maximum absolute atomic E-state index is 9.18. The first-order valence-corrected chi connectivity index (χ1v) is 7.25. The highest BCUT2D eigenvalue weighted by Gasteiger charge is 2.24. The van der Waals surface area contributed by atoms with Crippen LogP contribution in [-0.2, 0) is 0 Å². The largest absolute Gasteiger partial charge is 0.399 e. The first kappa shape index (κ1) is 14.1. The van der Waals surface area contributed by atoms with Crippen LogP contribution < -0.4 is 11.1 Å². The number of anilines is 2. The van der Waals surface area contributed by atoms with E-state index in [-0.39, 0.29) is 18.1 Å². The molecule has 0 aliphatic rings. The van der Waals surface area contributed by atoms with Crippen LogP contribution in [0.4, 0.5) is 10.8 Å². The lowest BCUT2D eigenvalue weighted by molar-refractivity contribution is 0.235. The van der Waals surface area contributed by atoms with E-state index >= 15 is 0 Å². The number of rotatable bonds is 4. The highest BCUT2D eigenvalue weighted by atomic mass is 32.1. The summed E-state index contributed by atoms with van der Waals surface area (Å²) in [5.41, 5.74) is 7.56. The van der Waals surface area contributed by atoms with Gasteiger partial charge in [0.15, 0.2) is 5.13 Å². The van der Waals surface area contributed by atoms with Crippen molar-refractivity contribution in [2.24, 2.45) is 5.41 Å². The molecular weight excluding hydrogens is 258 g/mol. The van der Waals surface area contributed by atoms with Gasteiger partial charge in [-0.15, -0.1) is 0 Å². The Morgan fingerprint density at radius 2 is 2.16 bits per heavy atom. The molecule has 0 saturated carbocycles. The second kappa shape index (κ2) is 5.35. The van der Waals surface area contributed by atoms with Crippen molar-refractivity contribution in [1.29, 1.82) is 0 Å². The van der Waals surface area contributed by atoms with Crippen LogP contribution in [0.5, 0.6) is 0 Å². The van der Waals surface area contributed by atoms with E-state index in [0.717, 1.165) is 21.0 Å². The third-order valence-corrected chi connectivity index (χ3v) is 4.12. The van der Waals surface area contributed by atoms with E-state index in [4.69, 9.17) is 5.73 Å². The molecule has 1 atom stereocenters. The fraction of sp³-hybridized carbons (Fsp3) is 0.500. The summed E-state index contributed by atoms with van der Waals surface area (Å²) in [6.45, 7) is 6.65. The Kier molecular flexibility index (Phi) is 3.96. The predicted octanol–water partition coefficient (Wildman–Crippen LogP) is 3.09. The molecule has 1 aromatic heterocycles. The van der Waals surface area contributed by atoms with E-state index < -0.39 is 0 Å². The summed E-state index contributed by atoms with van der Waals surface area (Å²) in [5, 5.41) is 13.5. The SMILES string of the molecule is CC(C)(C)C(CCO)Nc1nc2ccc(N)cc2s1.